The maximum Gasteiger partial charge on any atom is 0.161 e. The van der Waals surface area contributed by atoms with Crippen LogP contribution in [0.5, 0.6) is 23.0 Å². The Kier molecular flexibility index (Phi) is 9.70. The van der Waals surface area contributed by atoms with E-state index in [1.807, 2.05) is 12.1 Å². The van der Waals surface area contributed by atoms with Crippen molar-refractivity contribution in [2.24, 2.45) is 5.92 Å². The highest BCUT2D eigenvalue weighted by Crippen LogP contribution is 2.40. The SMILES string of the molecule is COc1ccc(CCN(C)CCCC(C)(c2ccc(OC)c(OC)c2)C(C)C)cc1OC. The fourth-order valence-corrected chi connectivity index (χ4v) is 4.14. The van der Waals surface area contributed by atoms with Gasteiger partial charge in [-0.3, -0.25) is 0 Å². The van der Waals surface area contributed by atoms with Gasteiger partial charge in [-0.25, -0.2) is 0 Å². The number of hydrogen-bond acceptors (Lipinski definition) is 5. The topological polar surface area (TPSA) is 40.2 Å². The summed E-state index contributed by atoms with van der Waals surface area (Å²) >= 11 is 0. The normalized spacial score (nSPS) is 13.2. The summed E-state index contributed by atoms with van der Waals surface area (Å²) in [5.41, 5.74) is 2.63. The smallest absolute Gasteiger partial charge is 0.161 e. The van der Waals surface area contributed by atoms with Crippen LogP contribution < -0.4 is 18.9 Å². The minimum Gasteiger partial charge on any atom is -0.493 e. The van der Waals surface area contributed by atoms with E-state index >= 15 is 0 Å². The van der Waals surface area contributed by atoms with E-state index in [9.17, 15) is 0 Å². The molecule has 0 aliphatic heterocycles. The molecular weight excluding hydrogens is 402 g/mol. The van der Waals surface area contributed by atoms with Crippen molar-refractivity contribution in [3.63, 3.8) is 0 Å². The summed E-state index contributed by atoms with van der Waals surface area (Å²) in [5.74, 6) is 3.64. The lowest BCUT2D eigenvalue weighted by Crippen LogP contribution is -2.31. The molecule has 2 aromatic carbocycles. The van der Waals surface area contributed by atoms with Crippen LogP contribution in [0.1, 0.15) is 44.7 Å². The minimum atomic E-state index is 0.0732. The molecule has 5 heteroatoms. The van der Waals surface area contributed by atoms with E-state index < -0.39 is 0 Å². The molecule has 0 aromatic heterocycles. The lowest BCUT2D eigenvalue weighted by Gasteiger charge is -2.35. The third kappa shape index (κ3) is 6.32. The molecule has 0 spiro atoms. The highest BCUT2D eigenvalue weighted by molar-refractivity contribution is 5.45. The van der Waals surface area contributed by atoms with Gasteiger partial charge >= 0.3 is 0 Å². The molecule has 0 fully saturated rings. The quantitative estimate of drug-likeness (QED) is 0.404. The first-order valence-electron chi connectivity index (χ1n) is 11.4. The number of ether oxygens (including phenoxy) is 4. The minimum absolute atomic E-state index is 0.0732. The Morgan fingerprint density at radius 1 is 0.781 bits per heavy atom. The molecule has 0 heterocycles. The summed E-state index contributed by atoms with van der Waals surface area (Å²) in [7, 11) is 8.92. The molecule has 1 atom stereocenters. The Hall–Kier alpha value is -2.40. The maximum atomic E-state index is 5.55. The molecule has 0 N–H and O–H groups in total. The van der Waals surface area contributed by atoms with Crippen LogP contribution in [0.15, 0.2) is 36.4 Å². The van der Waals surface area contributed by atoms with Crippen molar-refractivity contribution in [3.8, 4) is 23.0 Å². The molecule has 5 nitrogen and oxygen atoms in total. The predicted octanol–water partition coefficient (Wildman–Crippen LogP) is 5.59. The third-order valence-electron chi connectivity index (χ3n) is 6.78. The molecule has 0 aliphatic rings. The molecule has 0 saturated heterocycles. The van der Waals surface area contributed by atoms with Crippen LogP contribution in [0.3, 0.4) is 0 Å². The van der Waals surface area contributed by atoms with E-state index in [0.717, 1.165) is 55.4 Å². The summed E-state index contributed by atoms with van der Waals surface area (Å²) < 4.78 is 21.7. The molecule has 0 radical (unpaired) electrons. The van der Waals surface area contributed by atoms with Gasteiger partial charge in [-0.2, -0.15) is 0 Å². The van der Waals surface area contributed by atoms with E-state index in [4.69, 9.17) is 18.9 Å². The van der Waals surface area contributed by atoms with Crippen molar-refractivity contribution in [3.05, 3.63) is 47.5 Å². The summed E-state index contributed by atoms with van der Waals surface area (Å²) in [4.78, 5) is 2.41. The van der Waals surface area contributed by atoms with E-state index in [-0.39, 0.29) is 5.41 Å². The number of nitrogens with zero attached hydrogens (tertiary/aromatic N) is 1. The Balaban J connectivity index is 1.96. The summed E-state index contributed by atoms with van der Waals surface area (Å²) in [6.07, 6.45) is 3.22. The Morgan fingerprint density at radius 2 is 1.34 bits per heavy atom. The zero-order chi connectivity index (χ0) is 23.7. The number of rotatable bonds is 13. The highest BCUT2D eigenvalue weighted by atomic mass is 16.5. The van der Waals surface area contributed by atoms with Crippen LogP contribution in [0.25, 0.3) is 0 Å². The second kappa shape index (κ2) is 12.0. The molecule has 0 aliphatic carbocycles. The van der Waals surface area contributed by atoms with Crippen LogP contribution in [-0.4, -0.2) is 53.5 Å². The zero-order valence-corrected chi connectivity index (χ0v) is 21.2. The van der Waals surface area contributed by atoms with Crippen LogP contribution >= 0.6 is 0 Å². The zero-order valence-electron chi connectivity index (χ0n) is 21.2. The van der Waals surface area contributed by atoms with Crippen molar-refractivity contribution >= 4 is 0 Å². The van der Waals surface area contributed by atoms with Gasteiger partial charge in [-0.15, -0.1) is 0 Å². The monoisotopic (exact) mass is 443 g/mol. The standard InChI is InChI=1S/C27H41NO4/c1-20(2)27(3,22-11-13-24(30-6)26(19-22)32-8)15-9-16-28(4)17-14-21-10-12-23(29-5)25(18-21)31-7/h10-13,18-20H,9,14-17H2,1-8H3. The van der Waals surface area contributed by atoms with Crippen LogP contribution in [0.4, 0.5) is 0 Å². The van der Waals surface area contributed by atoms with E-state index in [1.54, 1.807) is 28.4 Å². The number of benzene rings is 2. The van der Waals surface area contributed by atoms with Gasteiger partial charge in [0.05, 0.1) is 28.4 Å². The lowest BCUT2D eigenvalue weighted by molar-refractivity contribution is 0.267. The van der Waals surface area contributed by atoms with E-state index in [2.05, 4.69) is 57.0 Å². The first kappa shape index (κ1) is 25.9. The molecule has 0 saturated carbocycles. The fraction of sp³-hybridized carbons (Fsp3) is 0.556. The third-order valence-corrected chi connectivity index (χ3v) is 6.78. The van der Waals surface area contributed by atoms with Crippen LogP contribution in [0, 0.1) is 5.92 Å². The predicted molar refractivity (Wildman–Crippen MR) is 132 cm³/mol. The van der Waals surface area contributed by atoms with Crippen LogP contribution in [-0.2, 0) is 11.8 Å². The molecule has 178 valence electrons. The number of likely N-dealkylation sites (N-methyl/N-ethyl adjacent to an activating group) is 1. The highest BCUT2D eigenvalue weighted by Gasteiger charge is 2.31. The summed E-state index contributed by atoms with van der Waals surface area (Å²) in [5, 5.41) is 0. The molecule has 0 bridgehead atoms. The second-order valence-corrected chi connectivity index (χ2v) is 8.99. The van der Waals surface area contributed by atoms with Gasteiger partial charge in [0.1, 0.15) is 0 Å². The molecule has 1 unspecified atom stereocenters. The van der Waals surface area contributed by atoms with Crippen molar-refractivity contribution in [2.75, 3.05) is 48.6 Å². The Bertz CT molecular complexity index is 852. The van der Waals surface area contributed by atoms with Crippen molar-refractivity contribution in [2.45, 2.75) is 45.4 Å². The maximum absolute atomic E-state index is 5.55. The first-order valence-corrected chi connectivity index (χ1v) is 11.4. The van der Waals surface area contributed by atoms with Gasteiger partial charge in [-0.05, 0) is 79.6 Å². The average molecular weight is 444 g/mol. The second-order valence-electron chi connectivity index (χ2n) is 8.99. The van der Waals surface area contributed by atoms with Gasteiger partial charge in [0.15, 0.2) is 23.0 Å². The molecule has 2 rings (SSSR count). The first-order chi connectivity index (χ1) is 15.3. The average Bonchev–Trinajstić information content (AvgIpc) is 2.81. The number of methoxy groups -OCH3 is 4. The largest absolute Gasteiger partial charge is 0.493 e. The van der Waals surface area contributed by atoms with Gasteiger partial charge in [-0.1, -0.05) is 32.9 Å². The molecule has 0 amide bonds. The Labute approximate surface area is 194 Å². The van der Waals surface area contributed by atoms with Gasteiger partial charge in [0.25, 0.3) is 0 Å². The van der Waals surface area contributed by atoms with Crippen molar-refractivity contribution < 1.29 is 18.9 Å². The summed E-state index contributed by atoms with van der Waals surface area (Å²) in [6.45, 7) is 9.03. The lowest BCUT2D eigenvalue weighted by atomic mass is 9.70. The molecule has 32 heavy (non-hydrogen) atoms. The van der Waals surface area contributed by atoms with E-state index in [1.165, 1.54) is 11.1 Å². The van der Waals surface area contributed by atoms with Gasteiger partial charge < -0.3 is 23.8 Å². The Morgan fingerprint density at radius 3 is 1.91 bits per heavy atom. The van der Waals surface area contributed by atoms with Crippen molar-refractivity contribution in [1.82, 2.24) is 4.90 Å². The van der Waals surface area contributed by atoms with Crippen LogP contribution in [0.2, 0.25) is 0 Å². The molecule has 2 aromatic rings. The number of hydrogen-bond donors (Lipinski definition) is 0. The van der Waals surface area contributed by atoms with Gasteiger partial charge in [0.2, 0.25) is 0 Å². The summed E-state index contributed by atoms with van der Waals surface area (Å²) in [6, 6.07) is 12.5. The van der Waals surface area contributed by atoms with Crippen molar-refractivity contribution in [1.29, 1.82) is 0 Å². The van der Waals surface area contributed by atoms with Gasteiger partial charge in [0, 0.05) is 6.54 Å². The fourth-order valence-electron chi connectivity index (χ4n) is 4.14. The molecular formula is C27H41NO4. The van der Waals surface area contributed by atoms with E-state index in [0.29, 0.717) is 5.92 Å².